The molecule has 0 aliphatic rings. The van der Waals surface area contributed by atoms with E-state index >= 15 is 0 Å². The van der Waals surface area contributed by atoms with Crippen LogP contribution in [-0.4, -0.2) is 51.9 Å². The molecule has 0 rings (SSSR count). The van der Waals surface area contributed by atoms with Crippen LogP contribution in [-0.2, 0) is 28.6 Å². The number of rotatable bonds is 10. The first-order valence-electron chi connectivity index (χ1n) is 7.49. The highest BCUT2D eigenvalue weighted by molar-refractivity contribution is 7.87. The van der Waals surface area contributed by atoms with Crippen LogP contribution in [0, 0.1) is 0 Å². The second-order valence-corrected chi connectivity index (χ2v) is 6.54. The number of alkyl halides is 3. The van der Waals surface area contributed by atoms with Crippen molar-refractivity contribution in [3.8, 4) is 0 Å². The van der Waals surface area contributed by atoms with Crippen molar-refractivity contribution < 1.29 is 44.8 Å². The third-order valence-electron chi connectivity index (χ3n) is 3.01. The second kappa shape index (κ2) is 10.4. The van der Waals surface area contributed by atoms with Crippen LogP contribution in [0.4, 0.5) is 18.0 Å². The molecule has 0 aromatic carbocycles. The van der Waals surface area contributed by atoms with E-state index in [1.165, 1.54) is 6.92 Å². The standard InChI is InChI=1S/C13H22F3NO7S/c1-4-6-7-23-12(19)17-10(11(18)22-3)8-9(5-2)24-25(20,21)13(14,15)16/h9-10H,4-8H2,1-3H3,(H,17,19)/t9-,10+/m0/s1. The summed E-state index contributed by atoms with van der Waals surface area (Å²) in [6, 6.07) is -1.42. The van der Waals surface area contributed by atoms with Gasteiger partial charge < -0.3 is 14.8 Å². The molecule has 148 valence electrons. The Hall–Kier alpha value is -1.56. The number of carbonyl (C=O) groups excluding carboxylic acids is 2. The lowest BCUT2D eigenvalue weighted by Crippen LogP contribution is -2.45. The molecule has 0 spiro atoms. The zero-order valence-corrected chi connectivity index (χ0v) is 14.9. The number of unbranched alkanes of at least 4 members (excludes halogenated alkanes) is 1. The van der Waals surface area contributed by atoms with Gasteiger partial charge in [-0.25, -0.2) is 9.59 Å². The zero-order chi connectivity index (χ0) is 19.7. The van der Waals surface area contributed by atoms with Gasteiger partial charge in [0.05, 0.1) is 19.8 Å². The number of amides is 1. The quantitative estimate of drug-likeness (QED) is 0.262. The molecule has 0 aromatic heterocycles. The van der Waals surface area contributed by atoms with E-state index in [0.717, 1.165) is 13.5 Å². The molecular weight excluding hydrogens is 371 g/mol. The molecule has 0 heterocycles. The number of methoxy groups -OCH3 is 1. The topological polar surface area (TPSA) is 108 Å². The van der Waals surface area contributed by atoms with Crippen LogP contribution >= 0.6 is 0 Å². The molecule has 25 heavy (non-hydrogen) atoms. The van der Waals surface area contributed by atoms with Crippen molar-refractivity contribution in [2.24, 2.45) is 0 Å². The molecule has 0 aliphatic heterocycles. The Morgan fingerprint density at radius 2 is 1.80 bits per heavy atom. The molecule has 2 atom stereocenters. The van der Waals surface area contributed by atoms with Crippen LogP contribution in [0.25, 0.3) is 0 Å². The number of carbonyl (C=O) groups is 2. The average Bonchev–Trinajstić information content (AvgIpc) is 2.51. The molecule has 0 fully saturated rings. The van der Waals surface area contributed by atoms with Gasteiger partial charge >= 0.3 is 27.7 Å². The smallest absolute Gasteiger partial charge is 0.467 e. The molecular formula is C13H22F3NO7S. The Bertz CT molecular complexity index is 536. The highest BCUT2D eigenvalue weighted by atomic mass is 32.2. The predicted molar refractivity (Wildman–Crippen MR) is 80.0 cm³/mol. The number of halogens is 3. The van der Waals surface area contributed by atoms with Crippen molar-refractivity contribution in [2.45, 2.75) is 57.2 Å². The van der Waals surface area contributed by atoms with Crippen LogP contribution in [0.1, 0.15) is 39.5 Å². The summed E-state index contributed by atoms with van der Waals surface area (Å²) in [5.41, 5.74) is -5.59. The summed E-state index contributed by atoms with van der Waals surface area (Å²) in [4.78, 5) is 23.3. The fourth-order valence-corrected chi connectivity index (χ4v) is 2.30. The highest BCUT2D eigenvalue weighted by Gasteiger charge is 2.48. The van der Waals surface area contributed by atoms with Crippen LogP contribution in [0.2, 0.25) is 0 Å². The Morgan fingerprint density at radius 1 is 1.20 bits per heavy atom. The van der Waals surface area contributed by atoms with Crippen molar-refractivity contribution in [1.82, 2.24) is 5.32 Å². The first-order valence-corrected chi connectivity index (χ1v) is 8.89. The minimum atomic E-state index is -5.83. The van der Waals surface area contributed by atoms with Crippen molar-refractivity contribution in [2.75, 3.05) is 13.7 Å². The normalized spacial score (nSPS) is 14.5. The number of hydrogen-bond donors (Lipinski definition) is 1. The molecule has 0 aromatic rings. The van der Waals surface area contributed by atoms with Gasteiger partial charge in [0.1, 0.15) is 6.04 Å². The van der Waals surface area contributed by atoms with Crippen LogP contribution in [0.5, 0.6) is 0 Å². The number of hydrogen-bond acceptors (Lipinski definition) is 7. The molecule has 8 nitrogen and oxygen atoms in total. The first-order chi connectivity index (χ1) is 11.5. The second-order valence-electron chi connectivity index (χ2n) is 4.97. The molecule has 1 amide bonds. The van der Waals surface area contributed by atoms with E-state index < -0.39 is 46.3 Å². The molecule has 0 aliphatic carbocycles. The summed E-state index contributed by atoms with van der Waals surface area (Å²) < 4.78 is 72.6. The van der Waals surface area contributed by atoms with Gasteiger partial charge in [-0.15, -0.1) is 0 Å². The maximum Gasteiger partial charge on any atom is 0.523 e. The lowest BCUT2D eigenvalue weighted by molar-refractivity contribution is -0.143. The van der Waals surface area contributed by atoms with E-state index in [2.05, 4.69) is 14.2 Å². The van der Waals surface area contributed by atoms with Crippen molar-refractivity contribution >= 4 is 22.2 Å². The molecule has 0 unspecified atom stereocenters. The molecule has 0 bridgehead atoms. The van der Waals surface area contributed by atoms with E-state index in [0.29, 0.717) is 6.42 Å². The molecule has 0 saturated carbocycles. The van der Waals surface area contributed by atoms with Gasteiger partial charge in [0, 0.05) is 6.42 Å². The van der Waals surface area contributed by atoms with Gasteiger partial charge in [0.2, 0.25) is 0 Å². The third kappa shape index (κ3) is 8.38. The largest absolute Gasteiger partial charge is 0.523 e. The van der Waals surface area contributed by atoms with Crippen molar-refractivity contribution in [1.29, 1.82) is 0 Å². The third-order valence-corrected chi connectivity index (χ3v) is 4.10. The average molecular weight is 393 g/mol. The van der Waals surface area contributed by atoms with E-state index in [9.17, 15) is 31.2 Å². The maximum absolute atomic E-state index is 12.4. The van der Waals surface area contributed by atoms with E-state index in [4.69, 9.17) is 4.74 Å². The van der Waals surface area contributed by atoms with Gasteiger partial charge in [-0.05, 0) is 12.8 Å². The number of esters is 1. The molecule has 12 heteroatoms. The SMILES string of the molecule is CCCCOC(=O)N[C@H](C[C@H](CC)OS(=O)(=O)C(F)(F)F)C(=O)OC. The van der Waals surface area contributed by atoms with Gasteiger partial charge in [-0.2, -0.15) is 21.6 Å². The summed E-state index contributed by atoms with van der Waals surface area (Å²) in [7, 11) is -4.82. The van der Waals surface area contributed by atoms with Crippen LogP contribution in [0.3, 0.4) is 0 Å². The van der Waals surface area contributed by atoms with Gasteiger partial charge in [0.15, 0.2) is 0 Å². The summed E-state index contributed by atoms with van der Waals surface area (Å²) in [5.74, 6) is -0.973. The van der Waals surface area contributed by atoms with E-state index in [-0.39, 0.29) is 13.0 Å². The van der Waals surface area contributed by atoms with E-state index in [1.807, 2.05) is 6.92 Å². The Balaban J connectivity index is 4.98. The Labute approximate surface area is 144 Å². The fourth-order valence-electron chi connectivity index (χ4n) is 1.62. The summed E-state index contributed by atoms with van der Waals surface area (Å²) in [6.07, 6.45) is -1.82. The Morgan fingerprint density at radius 3 is 2.24 bits per heavy atom. The van der Waals surface area contributed by atoms with E-state index in [1.54, 1.807) is 0 Å². The first kappa shape index (κ1) is 23.4. The lowest BCUT2D eigenvalue weighted by Gasteiger charge is -2.22. The monoisotopic (exact) mass is 393 g/mol. The summed E-state index contributed by atoms with van der Waals surface area (Å²) >= 11 is 0. The molecule has 1 N–H and O–H groups in total. The van der Waals surface area contributed by atoms with Crippen LogP contribution in [0.15, 0.2) is 0 Å². The maximum atomic E-state index is 12.4. The Kier molecular flexibility index (Phi) is 9.78. The summed E-state index contributed by atoms with van der Waals surface area (Å²) in [6.45, 7) is 3.32. The van der Waals surface area contributed by atoms with Gasteiger partial charge in [-0.1, -0.05) is 20.3 Å². The molecule has 0 radical (unpaired) electrons. The minimum absolute atomic E-state index is 0.0897. The lowest BCUT2D eigenvalue weighted by atomic mass is 10.1. The highest BCUT2D eigenvalue weighted by Crippen LogP contribution is 2.27. The van der Waals surface area contributed by atoms with Gasteiger partial charge in [0.25, 0.3) is 0 Å². The zero-order valence-electron chi connectivity index (χ0n) is 14.1. The number of alkyl carbamates (subject to hydrolysis) is 1. The predicted octanol–water partition coefficient (Wildman–Crippen LogP) is 2.09. The fraction of sp³-hybridized carbons (Fsp3) is 0.846. The van der Waals surface area contributed by atoms with Crippen molar-refractivity contribution in [3.63, 3.8) is 0 Å². The van der Waals surface area contributed by atoms with Crippen molar-refractivity contribution in [3.05, 3.63) is 0 Å². The number of ether oxygens (including phenoxy) is 2. The van der Waals surface area contributed by atoms with Crippen LogP contribution < -0.4 is 5.32 Å². The van der Waals surface area contributed by atoms with Gasteiger partial charge in [-0.3, -0.25) is 4.18 Å². The molecule has 0 saturated heterocycles. The summed E-state index contributed by atoms with van der Waals surface area (Å²) in [5, 5.41) is 2.12. The minimum Gasteiger partial charge on any atom is -0.467 e. The number of nitrogens with one attached hydrogen (secondary N) is 1.